The van der Waals surface area contributed by atoms with Gasteiger partial charge >= 0.3 is 0 Å². The van der Waals surface area contributed by atoms with E-state index in [0.717, 1.165) is 10.9 Å². The van der Waals surface area contributed by atoms with E-state index in [2.05, 4.69) is 20.2 Å². The molecule has 0 aliphatic heterocycles. The molecule has 0 saturated heterocycles. The first-order chi connectivity index (χ1) is 8.60. The number of aromatic amines is 1. The molecule has 18 heavy (non-hydrogen) atoms. The number of hydrogen-bond donors (Lipinski definition) is 4. The van der Waals surface area contributed by atoms with Gasteiger partial charge in [0.2, 0.25) is 11.8 Å². The van der Waals surface area contributed by atoms with Crippen LogP contribution in [0, 0.1) is 0 Å². The number of guanidine groups is 2. The molecule has 0 unspecified atom stereocenters. The van der Waals surface area contributed by atoms with Crippen LogP contribution in [0.25, 0.3) is 10.9 Å². The Morgan fingerprint density at radius 1 is 1.33 bits per heavy atom. The molecule has 2 aromatic rings. The number of rotatable bonds is 2. The van der Waals surface area contributed by atoms with Gasteiger partial charge in [-0.05, 0) is 18.2 Å². The van der Waals surface area contributed by atoms with Crippen molar-refractivity contribution in [2.24, 2.45) is 27.2 Å². The quantitative estimate of drug-likeness (QED) is 0.429. The summed E-state index contributed by atoms with van der Waals surface area (Å²) in [5, 5.41) is 7.67. The number of nitrogens with one attached hydrogen (secondary N) is 1. The number of fused-ring (bicyclic) bond motifs is 1. The zero-order valence-electron chi connectivity index (χ0n) is 9.71. The van der Waals surface area contributed by atoms with E-state index in [4.69, 9.17) is 21.9 Å². The van der Waals surface area contributed by atoms with Crippen LogP contribution in [0.15, 0.2) is 28.2 Å². The predicted octanol–water partition coefficient (Wildman–Crippen LogP) is -0.209. The highest BCUT2D eigenvalue weighted by atomic mass is 16.5. The Bertz CT molecular complexity index is 624. The summed E-state index contributed by atoms with van der Waals surface area (Å²) in [5.74, 6) is 0.374. The van der Waals surface area contributed by atoms with E-state index < -0.39 is 0 Å². The molecule has 0 fully saturated rings. The van der Waals surface area contributed by atoms with E-state index in [1.807, 2.05) is 6.07 Å². The van der Waals surface area contributed by atoms with Crippen molar-refractivity contribution in [3.05, 3.63) is 18.2 Å². The molecule has 0 amide bonds. The molecule has 0 bridgehead atoms. The third-order valence-electron chi connectivity index (χ3n) is 2.19. The van der Waals surface area contributed by atoms with Crippen molar-refractivity contribution in [1.29, 1.82) is 0 Å². The number of methoxy groups -OCH3 is 1. The van der Waals surface area contributed by atoms with Crippen LogP contribution >= 0.6 is 0 Å². The lowest BCUT2D eigenvalue weighted by molar-refractivity contribution is 0.401. The fourth-order valence-corrected chi connectivity index (χ4v) is 1.50. The van der Waals surface area contributed by atoms with Crippen LogP contribution in [-0.2, 0) is 0 Å². The van der Waals surface area contributed by atoms with Crippen LogP contribution in [0.1, 0.15) is 0 Å². The molecule has 0 spiro atoms. The molecular formula is C10H13N7O. The van der Waals surface area contributed by atoms with Gasteiger partial charge in [-0.2, -0.15) is 4.99 Å². The van der Waals surface area contributed by atoms with Crippen molar-refractivity contribution in [3.8, 4) is 5.88 Å². The number of ether oxygens (including phenoxy) is 1. The molecule has 1 aromatic heterocycles. The topological polar surface area (TPSA) is 141 Å². The summed E-state index contributed by atoms with van der Waals surface area (Å²) >= 11 is 0. The number of hydrogen-bond acceptors (Lipinski definition) is 3. The Hall–Kier alpha value is -2.77. The Morgan fingerprint density at radius 2 is 2.11 bits per heavy atom. The van der Waals surface area contributed by atoms with Gasteiger partial charge in [0.05, 0.1) is 23.7 Å². The molecule has 0 atom stereocenters. The van der Waals surface area contributed by atoms with Gasteiger partial charge < -0.3 is 21.9 Å². The number of nitrogens with zero attached hydrogens (tertiary/aromatic N) is 3. The van der Waals surface area contributed by atoms with Gasteiger partial charge in [0.25, 0.3) is 0 Å². The lowest BCUT2D eigenvalue weighted by Crippen LogP contribution is -2.26. The Labute approximate surface area is 103 Å². The lowest BCUT2D eigenvalue weighted by atomic mass is 10.2. The van der Waals surface area contributed by atoms with E-state index >= 15 is 0 Å². The van der Waals surface area contributed by atoms with E-state index in [1.54, 1.807) is 19.2 Å². The highest BCUT2D eigenvalue weighted by Crippen LogP contribution is 2.26. The molecule has 2 rings (SSSR count). The molecule has 8 heteroatoms. The van der Waals surface area contributed by atoms with Crippen LogP contribution in [0.4, 0.5) is 5.69 Å². The minimum atomic E-state index is -0.138. The van der Waals surface area contributed by atoms with Gasteiger partial charge in [-0.1, -0.05) is 0 Å². The highest BCUT2D eigenvalue weighted by Gasteiger charge is 2.05. The molecule has 0 aliphatic carbocycles. The van der Waals surface area contributed by atoms with Crippen LogP contribution in [-0.4, -0.2) is 29.2 Å². The first-order valence-electron chi connectivity index (χ1n) is 5.06. The maximum absolute atomic E-state index is 5.53. The average molecular weight is 247 g/mol. The second kappa shape index (κ2) is 4.62. The minimum absolute atomic E-state index is 0.0131. The molecule has 94 valence electrons. The maximum atomic E-state index is 5.53. The normalized spacial score (nSPS) is 11.5. The molecule has 0 saturated carbocycles. The standard InChI is InChI=1S/C10H13N7O/c1-18-8-6-3-2-5(4-7(6)16-17-8)14-10(13)15-9(11)12/h2-4H,1H3,(H,16,17)(H6,11,12,13,14,15). The summed E-state index contributed by atoms with van der Waals surface area (Å²) in [6.45, 7) is 0. The molecule has 1 aromatic carbocycles. The van der Waals surface area contributed by atoms with Crippen LogP contribution in [0.3, 0.4) is 0 Å². The highest BCUT2D eigenvalue weighted by molar-refractivity contribution is 5.94. The van der Waals surface area contributed by atoms with Crippen LogP contribution < -0.4 is 21.9 Å². The third kappa shape index (κ3) is 2.32. The van der Waals surface area contributed by atoms with E-state index in [1.165, 1.54) is 0 Å². The monoisotopic (exact) mass is 247 g/mol. The molecule has 8 nitrogen and oxygen atoms in total. The maximum Gasteiger partial charge on any atom is 0.240 e. The van der Waals surface area contributed by atoms with Gasteiger partial charge in [0.15, 0.2) is 5.96 Å². The summed E-state index contributed by atoms with van der Waals surface area (Å²) in [4.78, 5) is 7.67. The SMILES string of the molecule is COc1n[nH]c2cc(N=C(N)N=C(N)N)ccc12. The third-order valence-corrected chi connectivity index (χ3v) is 2.19. The van der Waals surface area contributed by atoms with Crippen molar-refractivity contribution < 1.29 is 4.74 Å². The molecule has 7 N–H and O–H groups in total. The second-order valence-corrected chi connectivity index (χ2v) is 3.47. The summed E-state index contributed by atoms with van der Waals surface area (Å²) in [6, 6.07) is 5.34. The van der Waals surface area contributed by atoms with Gasteiger partial charge in [0, 0.05) is 0 Å². The molecule has 1 heterocycles. The fourth-order valence-electron chi connectivity index (χ4n) is 1.50. The van der Waals surface area contributed by atoms with Crippen molar-refractivity contribution in [3.63, 3.8) is 0 Å². The summed E-state index contributed by atoms with van der Waals surface area (Å²) < 4.78 is 5.08. The van der Waals surface area contributed by atoms with Gasteiger partial charge in [0.1, 0.15) is 0 Å². The molecule has 0 radical (unpaired) electrons. The van der Waals surface area contributed by atoms with E-state index in [-0.39, 0.29) is 11.9 Å². The Balaban J connectivity index is 2.39. The molecular weight excluding hydrogens is 234 g/mol. The van der Waals surface area contributed by atoms with Gasteiger partial charge in [-0.15, -0.1) is 5.10 Å². The summed E-state index contributed by atoms with van der Waals surface area (Å²) in [7, 11) is 1.55. The first kappa shape index (κ1) is 11.7. The number of H-pyrrole nitrogens is 1. The van der Waals surface area contributed by atoms with Crippen LogP contribution in [0.5, 0.6) is 5.88 Å². The zero-order valence-corrected chi connectivity index (χ0v) is 9.71. The van der Waals surface area contributed by atoms with Gasteiger partial charge in [-0.25, -0.2) is 4.99 Å². The smallest absolute Gasteiger partial charge is 0.240 e. The van der Waals surface area contributed by atoms with Crippen molar-refractivity contribution >= 4 is 28.5 Å². The second-order valence-electron chi connectivity index (χ2n) is 3.47. The van der Waals surface area contributed by atoms with Crippen molar-refractivity contribution in [2.75, 3.05) is 7.11 Å². The fraction of sp³-hybridized carbons (Fsp3) is 0.100. The predicted molar refractivity (Wildman–Crippen MR) is 69.7 cm³/mol. The summed E-state index contributed by atoms with van der Waals surface area (Å²) in [5.41, 5.74) is 17.3. The lowest BCUT2D eigenvalue weighted by Gasteiger charge is -1.97. The van der Waals surface area contributed by atoms with Gasteiger partial charge in [-0.3, -0.25) is 5.10 Å². The van der Waals surface area contributed by atoms with Crippen molar-refractivity contribution in [1.82, 2.24) is 10.2 Å². The zero-order chi connectivity index (χ0) is 13.1. The van der Waals surface area contributed by atoms with Crippen LogP contribution in [0.2, 0.25) is 0 Å². The number of nitrogens with two attached hydrogens (primary N) is 3. The number of benzene rings is 1. The Morgan fingerprint density at radius 3 is 2.78 bits per heavy atom. The van der Waals surface area contributed by atoms with E-state index in [9.17, 15) is 0 Å². The first-order valence-corrected chi connectivity index (χ1v) is 5.06. The van der Waals surface area contributed by atoms with Crippen molar-refractivity contribution in [2.45, 2.75) is 0 Å². The molecule has 0 aliphatic rings. The minimum Gasteiger partial charge on any atom is -0.480 e. The summed E-state index contributed by atoms with van der Waals surface area (Å²) in [6.07, 6.45) is 0. The number of aromatic nitrogens is 2. The largest absolute Gasteiger partial charge is 0.480 e. The van der Waals surface area contributed by atoms with E-state index in [0.29, 0.717) is 11.6 Å². The average Bonchev–Trinajstić information content (AvgIpc) is 2.69. The number of aliphatic imine (C=N–C) groups is 2. The Kier molecular flexibility index (Phi) is 3.00.